The minimum Gasteiger partial charge on any atom is -0.395 e. The number of pyridine rings is 1. The Morgan fingerprint density at radius 1 is 1.24 bits per heavy atom. The molecule has 0 aliphatic carbocycles. The summed E-state index contributed by atoms with van der Waals surface area (Å²) in [6, 6.07) is 5.82. The number of β-amino-alcohol motifs (C(OH)–C–C–N with tert-alkyl or cyclic N) is 1. The highest BCUT2D eigenvalue weighted by Crippen LogP contribution is 2.08. The molecule has 6 heteroatoms. The van der Waals surface area contributed by atoms with Gasteiger partial charge in [-0.05, 0) is 12.1 Å². The lowest BCUT2D eigenvalue weighted by Crippen LogP contribution is -2.49. The zero-order valence-electron chi connectivity index (χ0n) is 12.0. The standard InChI is InChI=1S/C15H20N4O2/c20-10-9-17-5-7-18(8-6-17)15(21)11-13-12-19-4-2-1-3-14(19)16-13/h1-4,12,20H,5-11H2. The summed E-state index contributed by atoms with van der Waals surface area (Å²) in [5.41, 5.74) is 1.68. The maximum Gasteiger partial charge on any atom is 0.228 e. The summed E-state index contributed by atoms with van der Waals surface area (Å²) in [7, 11) is 0. The van der Waals surface area contributed by atoms with Gasteiger partial charge >= 0.3 is 0 Å². The van der Waals surface area contributed by atoms with Crippen molar-refractivity contribution in [3.8, 4) is 0 Å². The van der Waals surface area contributed by atoms with Crippen LogP contribution in [0.1, 0.15) is 5.69 Å². The van der Waals surface area contributed by atoms with Crippen LogP contribution in [-0.4, -0.2) is 69.5 Å². The summed E-state index contributed by atoms with van der Waals surface area (Å²) in [6.45, 7) is 3.98. The van der Waals surface area contributed by atoms with E-state index in [1.54, 1.807) is 0 Å². The summed E-state index contributed by atoms with van der Waals surface area (Å²) >= 11 is 0. The molecule has 0 radical (unpaired) electrons. The van der Waals surface area contributed by atoms with Crippen molar-refractivity contribution in [2.75, 3.05) is 39.3 Å². The number of aromatic nitrogens is 2. The van der Waals surface area contributed by atoms with Crippen molar-refractivity contribution >= 4 is 11.6 Å². The van der Waals surface area contributed by atoms with Crippen molar-refractivity contribution in [2.24, 2.45) is 0 Å². The third-order valence-corrected chi connectivity index (χ3v) is 3.89. The second-order valence-electron chi connectivity index (χ2n) is 5.32. The molecule has 6 nitrogen and oxygen atoms in total. The lowest BCUT2D eigenvalue weighted by Gasteiger charge is -2.34. The number of rotatable bonds is 4. The largest absolute Gasteiger partial charge is 0.395 e. The Kier molecular flexibility index (Phi) is 4.17. The van der Waals surface area contributed by atoms with Gasteiger partial charge in [0.2, 0.25) is 5.91 Å². The van der Waals surface area contributed by atoms with Gasteiger partial charge in [-0.1, -0.05) is 6.07 Å². The monoisotopic (exact) mass is 288 g/mol. The maximum atomic E-state index is 12.3. The highest BCUT2D eigenvalue weighted by Gasteiger charge is 2.21. The van der Waals surface area contributed by atoms with Gasteiger partial charge in [0.1, 0.15) is 5.65 Å². The summed E-state index contributed by atoms with van der Waals surface area (Å²) in [5, 5.41) is 8.92. The number of hydrogen-bond acceptors (Lipinski definition) is 4. The van der Waals surface area contributed by atoms with Crippen molar-refractivity contribution in [1.82, 2.24) is 19.2 Å². The number of hydrogen-bond donors (Lipinski definition) is 1. The molecule has 1 aliphatic rings. The Bertz CT molecular complexity index is 584. The predicted octanol–water partition coefficient (Wildman–Crippen LogP) is 0.0133. The first kappa shape index (κ1) is 14.0. The molecule has 0 aromatic carbocycles. The van der Waals surface area contributed by atoms with E-state index < -0.39 is 0 Å². The smallest absolute Gasteiger partial charge is 0.228 e. The quantitative estimate of drug-likeness (QED) is 0.861. The molecule has 0 bridgehead atoms. The molecule has 2 aromatic rings. The van der Waals surface area contributed by atoms with Crippen molar-refractivity contribution < 1.29 is 9.90 Å². The second kappa shape index (κ2) is 6.24. The average Bonchev–Trinajstić information content (AvgIpc) is 2.90. The average molecular weight is 288 g/mol. The predicted molar refractivity (Wildman–Crippen MR) is 79.0 cm³/mol. The molecule has 1 aliphatic heterocycles. The fourth-order valence-electron chi connectivity index (χ4n) is 2.70. The molecular weight excluding hydrogens is 268 g/mol. The van der Waals surface area contributed by atoms with E-state index in [0.29, 0.717) is 13.0 Å². The van der Waals surface area contributed by atoms with Gasteiger partial charge in [-0.25, -0.2) is 4.98 Å². The van der Waals surface area contributed by atoms with Crippen molar-refractivity contribution in [2.45, 2.75) is 6.42 Å². The third kappa shape index (κ3) is 3.22. The highest BCUT2D eigenvalue weighted by molar-refractivity contribution is 5.78. The third-order valence-electron chi connectivity index (χ3n) is 3.89. The van der Waals surface area contributed by atoms with Crippen LogP contribution in [0.25, 0.3) is 5.65 Å². The maximum absolute atomic E-state index is 12.3. The van der Waals surface area contributed by atoms with E-state index in [4.69, 9.17) is 5.11 Å². The van der Waals surface area contributed by atoms with Crippen molar-refractivity contribution in [3.63, 3.8) is 0 Å². The molecule has 1 amide bonds. The molecule has 0 spiro atoms. The molecule has 1 fully saturated rings. The van der Waals surface area contributed by atoms with Gasteiger partial charge in [0.25, 0.3) is 0 Å². The zero-order chi connectivity index (χ0) is 14.7. The van der Waals surface area contributed by atoms with Gasteiger partial charge in [-0.3, -0.25) is 9.69 Å². The molecule has 3 rings (SSSR count). The molecular formula is C15H20N4O2. The van der Waals surface area contributed by atoms with E-state index in [2.05, 4.69) is 9.88 Å². The SMILES string of the molecule is O=C(Cc1cn2ccccc2n1)N1CCN(CCO)CC1. The summed E-state index contributed by atoms with van der Waals surface area (Å²) in [6.07, 6.45) is 4.20. The summed E-state index contributed by atoms with van der Waals surface area (Å²) in [4.78, 5) is 20.8. The molecule has 0 unspecified atom stereocenters. The van der Waals surface area contributed by atoms with Crippen LogP contribution in [0, 0.1) is 0 Å². The molecule has 1 saturated heterocycles. The molecule has 2 aromatic heterocycles. The first-order valence-electron chi connectivity index (χ1n) is 7.30. The zero-order valence-corrected chi connectivity index (χ0v) is 12.0. The summed E-state index contributed by atoms with van der Waals surface area (Å²) < 4.78 is 1.93. The Balaban J connectivity index is 1.59. The van der Waals surface area contributed by atoms with E-state index in [1.807, 2.05) is 39.9 Å². The van der Waals surface area contributed by atoms with E-state index in [-0.39, 0.29) is 12.5 Å². The van der Waals surface area contributed by atoms with Crippen LogP contribution >= 0.6 is 0 Å². The highest BCUT2D eigenvalue weighted by atomic mass is 16.3. The van der Waals surface area contributed by atoms with Gasteiger partial charge in [-0.15, -0.1) is 0 Å². The lowest BCUT2D eigenvalue weighted by atomic mass is 10.2. The van der Waals surface area contributed by atoms with Crippen LogP contribution in [0.15, 0.2) is 30.6 Å². The van der Waals surface area contributed by atoms with Crippen LogP contribution in [-0.2, 0) is 11.2 Å². The van der Waals surface area contributed by atoms with Gasteiger partial charge in [0.15, 0.2) is 0 Å². The van der Waals surface area contributed by atoms with Gasteiger partial charge in [0.05, 0.1) is 18.7 Å². The molecule has 0 atom stereocenters. The molecule has 21 heavy (non-hydrogen) atoms. The number of aliphatic hydroxyl groups is 1. The van der Waals surface area contributed by atoms with Gasteiger partial charge in [0, 0.05) is 45.1 Å². The van der Waals surface area contributed by atoms with Crippen LogP contribution < -0.4 is 0 Å². The topological polar surface area (TPSA) is 61.1 Å². The Labute approximate surface area is 123 Å². The first-order chi connectivity index (χ1) is 10.3. The van der Waals surface area contributed by atoms with Crippen LogP contribution in [0.3, 0.4) is 0 Å². The number of aliphatic hydroxyl groups excluding tert-OH is 1. The van der Waals surface area contributed by atoms with Crippen LogP contribution in [0.2, 0.25) is 0 Å². The number of carbonyl (C=O) groups is 1. The summed E-state index contributed by atoms with van der Waals surface area (Å²) in [5.74, 6) is 0.127. The van der Waals surface area contributed by atoms with E-state index >= 15 is 0 Å². The Morgan fingerprint density at radius 2 is 2.05 bits per heavy atom. The number of nitrogens with zero attached hydrogens (tertiary/aromatic N) is 4. The Hall–Kier alpha value is -1.92. The molecule has 1 N–H and O–H groups in total. The van der Waals surface area contributed by atoms with Crippen LogP contribution in [0.4, 0.5) is 0 Å². The van der Waals surface area contributed by atoms with Crippen molar-refractivity contribution in [3.05, 3.63) is 36.3 Å². The van der Waals surface area contributed by atoms with Crippen LogP contribution in [0.5, 0.6) is 0 Å². The Morgan fingerprint density at radius 3 is 2.76 bits per heavy atom. The number of imidazole rings is 1. The fraction of sp³-hybridized carbons (Fsp3) is 0.467. The van der Waals surface area contributed by atoms with E-state index in [9.17, 15) is 4.79 Å². The minimum absolute atomic E-state index is 0.127. The fourth-order valence-corrected chi connectivity index (χ4v) is 2.70. The van der Waals surface area contributed by atoms with Gasteiger partial charge in [-0.2, -0.15) is 0 Å². The van der Waals surface area contributed by atoms with E-state index in [0.717, 1.165) is 37.5 Å². The van der Waals surface area contributed by atoms with Crippen molar-refractivity contribution in [1.29, 1.82) is 0 Å². The minimum atomic E-state index is 0.127. The first-order valence-corrected chi connectivity index (χ1v) is 7.30. The number of piperazine rings is 1. The normalized spacial score (nSPS) is 16.5. The molecule has 112 valence electrons. The van der Waals surface area contributed by atoms with Gasteiger partial charge < -0.3 is 14.4 Å². The van der Waals surface area contributed by atoms with E-state index in [1.165, 1.54) is 0 Å². The number of amides is 1. The second-order valence-corrected chi connectivity index (χ2v) is 5.32. The molecule has 0 saturated carbocycles. The number of fused-ring (bicyclic) bond motifs is 1. The number of carbonyl (C=O) groups excluding carboxylic acids is 1. The molecule has 3 heterocycles. The lowest BCUT2D eigenvalue weighted by molar-refractivity contribution is -0.132.